The average molecular weight is 417 g/mol. The Bertz CT molecular complexity index is 956. The highest BCUT2D eigenvalue weighted by molar-refractivity contribution is 7.99. The lowest BCUT2D eigenvalue weighted by Gasteiger charge is -2.24. The molecule has 1 aromatic heterocycles. The lowest BCUT2D eigenvalue weighted by atomic mass is 9.97. The predicted molar refractivity (Wildman–Crippen MR) is 105 cm³/mol. The number of nitrogens with one attached hydrogen (secondary N) is 1. The number of benzene rings is 1. The van der Waals surface area contributed by atoms with Crippen molar-refractivity contribution in [3.05, 3.63) is 30.2 Å². The van der Waals surface area contributed by atoms with E-state index in [2.05, 4.69) is 20.5 Å². The molecule has 0 bridgehead atoms. The molecule has 0 fully saturated rings. The third-order valence-electron chi connectivity index (χ3n) is 4.22. The number of imide groups is 1. The number of ether oxygens (including phenoxy) is 1. The first-order chi connectivity index (χ1) is 13.9. The van der Waals surface area contributed by atoms with Crippen LogP contribution in [0.3, 0.4) is 0 Å². The minimum Gasteiger partial charge on any atom is -0.497 e. The van der Waals surface area contributed by atoms with Crippen LogP contribution in [0.25, 0.3) is 0 Å². The van der Waals surface area contributed by atoms with Crippen LogP contribution < -0.4 is 10.1 Å². The second kappa shape index (κ2) is 8.86. The van der Waals surface area contributed by atoms with Gasteiger partial charge in [0.15, 0.2) is 0 Å². The molecule has 11 heteroatoms. The minimum absolute atomic E-state index is 0.0771. The van der Waals surface area contributed by atoms with Gasteiger partial charge in [0.25, 0.3) is 5.22 Å². The van der Waals surface area contributed by atoms with Crippen molar-refractivity contribution in [3.8, 4) is 5.75 Å². The first-order valence-electron chi connectivity index (χ1n) is 8.63. The zero-order valence-electron chi connectivity index (χ0n) is 16.0. The number of rotatable bonds is 7. The minimum atomic E-state index is -0.630. The first kappa shape index (κ1) is 20.5. The second-order valence-corrected chi connectivity index (χ2v) is 7.14. The summed E-state index contributed by atoms with van der Waals surface area (Å²) >= 11 is 1.08. The Morgan fingerprint density at radius 1 is 1.28 bits per heavy atom. The first-order valence-corrected chi connectivity index (χ1v) is 9.61. The maximum atomic E-state index is 12.3. The van der Waals surface area contributed by atoms with Gasteiger partial charge in [0.05, 0.1) is 18.8 Å². The Labute approximate surface area is 170 Å². The third-order valence-corrected chi connectivity index (χ3v) is 5.04. The molecule has 1 aliphatic rings. The lowest BCUT2D eigenvalue weighted by Crippen LogP contribution is -2.44. The van der Waals surface area contributed by atoms with Crippen LogP contribution in [0.2, 0.25) is 0 Å². The van der Waals surface area contributed by atoms with E-state index in [0.717, 1.165) is 16.7 Å². The molecular formula is C18H19N5O5S. The van der Waals surface area contributed by atoms with E-state index in [9.17, 15) is 14.4 Å². The molecule has 0 radical (unpaired) electrons. The van der Waals surface area contributed by atoms with Gasteiger partial charge in [0.2, 0.25) is 17.7 Å². The summed E-state index contributed by atoms with van der Waals surface area (Å²) in [6.45, 7) is 1.61. The number of anilines is 1. The lowest BCUT2D eigenvalue weighted by molar-refractivity contribution is -0.129. The Balaban J connectivity index is 1.53. The Morgan fingerprint density at radius 2 is 2.00 bits per heavy atom. The molecule has 2 aromatic rings. The number of aliphatic imine (C=N–C) groups is 1. The molecule has 152 valence electrons. The molecule has 0 aliphatic carbocycles. The van der Waals surface area contributed by atoms with Crippen LogP contribution in [0.15, 0.2) is 38.9 Å². The van der Waals surface area contributed by atoms with E-state index < -0.39 is 11.9 Å². The van der Waals surface area contributed by atoms with Crippen molar-refractivity contribution < 1.29 is 23.5 Å². The number of hydrogen-bond acceptors (Lipinski definition) is 8. The summed E-state index contributed by atoms with van der Waals surface area (Å²) in [7, 11) is 2.95. The summed E-state index contributed by atoms with van der Waals surface area (Å²) in [5.74, 6) is -0.219. The molecule has 1 N–H and O–H groups in total. The van der Waals surface area contributed by atoms with Gasteiger partial charge in [-0.2, -0.15) is 0 Å². The van der Waals surface area contributed by atoms with Gasteiger partial charge < -0.3 is 14.5 Å². The fourth-order valence-electron chi connectivity index (χ4n) is 2.60. The molecule has 10 nitrogen and oxygen atoms in total. The van der Waals surface area contributed by atoms with Gasteiger partial charge >= 0.3 is 6.03 Å². The number of thioether (sulfide) groups is 1. The van der Waals surface area contributed by atoms with Crippen molar-refractivity contribution in [1.29, 1.82) is 0 Å². The van der Waals surface area contributed by atoms with E-state index in [1.807, 2.05) is 0 Å². The van der Waals surface area contributed by atoms with Crippen molar-refractivity contribution in [1.82, 2.24) is 15.1 Å². The molecule has 4 amide bonds. The average Bonchev–Trinajstić information content (AvgIpc) is 3.16. The maximum absolute atomic E-state index is 12.3. The SMILES string of the molecule is COc1ccc(NC(=O)CSc2nnc(CC3C(=O)N(C)C(=O)N=C3C)o2)cc1. The normalized spacial score (nSPS) is 16.6. The van der Waals surface area contributed by atoms with Gasteiger partial charge in [-0.05, 0) is 31.2 Å². The largest absolute Gasteiger partial charge is 0.497 e. The topological polar surface area (TPSA) is 127 Å². The van der Waals surface area contributed by atoms with Crippen LogP contribution in [0.5, 0.6) is 5.75 Å². The number of urea groups is 1. The summed E-state index contributed by atoms with van der Waals surface area (Å²) in [5, 5.41) is 10.8. The van der Waals surface area contributed by atoms with Crippen LogP contribution in [-0.2, 0) is 16.0 Å². The van der Waals surface area contributed by atoms with E-state index in [-0.39, 0.29) is 35.1 Å². The van der Waals surface area contributed by atoms with E-state index in [1.165, 1.54) is 7.05 Å². The predicted octanol–water partition coefficient (Wildman–Crippen LogP) is 2.02. The van der Waals surface area contributed by atoms with Gasteiger partial charge in [-0.15, -0.1) is 10.2 Å². The van der Waals surface area contributed by atoms with Crippen LogP contribution in [0, 0.1) is 5.92 Å². The van der Waals surface area contributed by atoms with Crippen LogP contribution in [0.4, 0.5) is 10.5 Å². The molecule has 0 saturated heterocycles. The van der Waals surface area contributed by atoms with Crippen molar-refractivity contribution in [2.45, 2.75) is 18.6 Å². The monoisotopic (exact) mass is 417 g/mol. The van der Waals surface area contributed by atoms with Crippen LogP contribution in [-0.4, -0.2) is 58.6 Å². The van der Waals surface area contributed by atoms with E-state index in [0.29, 0.717) is 17.1 Å². The smallest absolute Gasteiger partial charge is 0.349 e. The number of carbonyl (C=O) groups excluding carboxylic acids is 3. The van der Waals surface area contributed by atoms with Crippen molar-refractivity contribution in [3.63, 3.8) is 0 Å². The number of carbonyl (C=O) groups is 3. The summed E-state index contributed by atoms with van der Waals surface area (Å²) in [6, 6.07) is 6.37. The standard InChI is InChI=1S/C18H19N5O5S/c1-10-13(16(25)23(2)17(26)19-10)8-15-21-22-18(28-15)29-9-14(24)20-11-4-6-12(27-3)7-5-11/h4-7,13H,8-9H2,1-3H3,(H,20,24). The number of amides is 4. The Morgan fingerprint density at radius 3 is 2.69 bits per heavy atom. The molecular weight excluding hydrogens is 398 g/mol. The number of nitrogens with zero attached hydrogens (tertiary/aromatic N) is 4. The zero-order valence-corrected chi connectivity index (χ0v) is 16.9. The molecule has 1 aliphatic heterocycles. The summed E-state index contributed by atoms with van der Waals surface area (Å²) in [6.07, 6.45) is 0.136. The number of methoxy groups -OCH3 is 1. The summed E-state index contributed by atoms with van der Waals surface area (Å²) < 4.78 is 10.6. The highest BCUT2D eigenvalue weighted by Gasteiger charge is 2.34. The fourth-order valence-corrected chi connectivity index (χ4v) is 3.18. The van der Waals surface area contributed by atoms with Crippen molar-refractivity contribution >= 4 is 41.0 Å². The Kier molecular flexibility index (Phi) is 6.27. The van der Waals surface area contributed by atoms with Crippen molar-refractivity contribution in [2.75, 3.05) is 25.2 Å². The molecule has 2 heterocycles. The van der Waals surface area contributed by atoms with E-state index in [1.54, 1.807) is 38.3 Å². The summed E-state index contributed by atoms with van der Waals surface area (Å²) in [5.41, 5.74) is 1.05. The van der Waals surface area contributed by atoms with Gasteiger partial charge in [-0.25, -0.2) is 9.79 Å². The van der Waals surface area contributed by atoms with Crippen LogP contribution in [0.1, 0.15) is 12.8 Å². The second-order valence-electron chi connectivity index (χ2n) is 6.22. The highest BCUT2D eigenvalue weighted by Crippen LogP contribution is 2.22. The molecule has 0 saturated carbocycles. The molecule has 3 rings (SSSR count). The number of hydrogen-bond donors (Lipinski definition) is 1. The van der Waals surface area contributed by atoms with Gasteiger partial charge in [-0.1, -0.05) is 11.8 Å². The molecule has 0 spiro atoms. The van der Waals surface area contributed by atoms with E-state index in [4.69, 9.17) is 9.15 Å². The maximum Gasteiger partial charge on any atom is 0.349 e. The molecule has 1 unspecified atom stereocenters. The quantitative estimate of drug-likeness (QED) is 0.678. The molecule has 1 aromatic carbocycles. The highest BCUT2D eigenvalue weighted by atomic mass is 32.2. The van der Waals surface area contributed by atoms with Gasteiger partial charge in [0.1, 0.15) is 5.75 Å². The molecule has 29 heavy (non-hydrogen) atoms. The van der Waals surface area contributed by atoms with Gasteiger partial charge in [-0.3, -0.25) is 14.5 Å². The summed E-state index contributed by atoms with van der Waals surface area (Å²) in [4.78, 5) is 40.7. The fraction of sp³-hybridized carbons (Fsp3) is 0.333. The Hall–Kier alpha value is -3.21. The van der Waals surface area contributed by atoms with Crippen molar-refractivity contribution in [2.24, 2.45) is 10.9 Å². The molecule has 1 atom stereocenters. The number of aromatic nitrogens is 2. The van der Waals surface area contributed by atoms with E-state index >= 15 is 0 Å². The third kappa shape index (κ3) is 4.99. The van der Waals surface area contributed by atoms with Gasteiger partial charge in [0, 0.05) is 24.9 Å². The van der Waals surface area contributed by atoms with Crippen LogP contribution >= 0.6 is 11.8 Å². The zero-order chi connectivity index (χ0) is 21.0.